The van der Waals surface area contributed by atoms with E-state index < -0.39 is 0 Å². The Morgan fingerprint density at radius 2 is 2.30 bits per heavy atom. The van der Waals surface area contributed by atoms with E-state index in [0.29, 0.717) is 25.3 Å². The number of benzene rings is 1. The molecule has 0 saturated heterocycles. The van der Waals surface area contributed by atoms with Crippen LogP contribution in [0.1, 0.15) is 28.7 Å². The van der Waals surface area contributed by atoms with E-state index in [4.69, 9.17) is 9.47 Å². The average molecular weight is 272 g/mol. The fourth-order valence-electron chi connectivity index (χ4n) is 2.29. The maximum atomic E-state index is 11.8. The maximum absolute atomic E-state index is 11.8. The molecule has 0 fully saturated rings. The Bertz CT molecular complexity index is 661. The minimum absolute atomic E-state index is 0.344. The smallest absolute Gasteiger partial charge is 0.358 e. The first kappa shape index (κ1) is 12.7. The third kappa shape index (κ3) is 2.15. The van der Waals surface area contributed by atoms with Crippen LogP contribution in [-0.4, -0.2) is 29.0 Å². The topological polar surface area (TPSA) is 53.4 Å². The Hall–Kier alpha value is -2.30. The number of hydrogen-bond donors (Lipinski definition) is 0. The molecule has 0 radical (unpaired) electrons. The Morgan fingerprint density at radius 3 is 3.10 bits per heavy atom. The lowest BCUT2D eigenvalue weighted by Crippen LogP contribution is -2.07. The Labute approximate surface area is 117 Å². The van der Waals surface area contributed by atoms with Crippen molar-refractivity contribution < 1.29 is 14.3 Å². The number of esters is 1. The van der Waals surface area contributed by atoms with Crippen LogP contribution in [0.2, 0.25) is 0 Å². The van der Waals surface area contributed by atoms with Crippen LogP contribution in [-0.2, 0) is 11.2 Å². The quantitative estimate of drug-likeness (QED) is 0.787. The molecule has 0 atom stereocenters. The highest BCUT2D eigenvalue weighted by Crippen LogP contribution is 2.28. The van der Waals surface area contributed by atoms with Crippen molar-refractivity contribution in [3.63, 3.8) is 0 Å². The van der Waals surface area contributed by atoms with Crippen LogP contribution < -0.4 is 4.74 Å². The van der Waals surface area contributed by atoms with E-state index in [9.17, 15) is 4.79 Å². The summed E-state index contributed by atoms with van der Waals surface area (Å²) in [6.07, 6.45) is 0.708. The molecule has 5 heteroatoms. The molecule has 104 valence electrons. The second-order valence-electron chi connectivity index (χ2n) is 4.72. The molecular weight excluding hydrogens is 256 g/mol. The molecule has 0 aliphatic carbocycles. The second-order valence-corrected chi connectivity index (χ2v) is 4.72. The summed E-state index contributed by atoms with van der Waals surface area (Å²) in [5.41, 5.74) is 3.29. The summed E-state index contributed by atoms with van der Waals surface area (Å²) in [6.45, 7) is 4.72. The van der Waals surface area contributed by atoms with Gasteiger partial charge in [-0.1, -0.05) is 6.07 Å². The molecule has 2 aromatic rings. The molecule has 0 saturated carbocycles. The van der Waals surface area contributed by atoms with Crippen molar-refractivity contribution in [3.8, 4) is 11.4 Å². The Kier molecular flexibility index (Phi) is 3.18. The van der Waals surface area contributed by atoms with Gasteiger partial charge in [-0.25, -0.2) is 9.48 Å². The van der Waals surface area contributed by atoms with Crippen molar-refractivity contribution in [3.05, 3.63) is 41.2 Å². The number of rotatable bonds is 2. The number of aromatic nitrogens is 2. The fourth-order valence-corrected chi connectivity index (χ4v) is 2.29. The van der Waals surface area contributed by atoms with Gasteiger partial charge in [0, 0.05) is 12.1 Å². The molecular formula is C15H16N2O3. The van der Waals surface area contributed by atoms with Gasteiger partial charge in [-0.3, -0.25) is 0 Å². The van der Waals surface area contributed by atoms with Gasteiger partial charge in [0.2, 0.25) is 0 Å². The minimum atomic E-state index is -0.386. The number of carbonyl (C=O) groups is 1. The lowest BCUT2D eigenvalue weighted by atomic mass is 10.2. The van der Waals surface area contributed by atoms with Crippen LogP contribution in [0.25, 0.3) is 5.69 Å². The molecule has 0 unspecified atom stereocenters. The summed E-state index contributed by atoms with van der Waals surface area (Å²) in [5.74, 6) is 0.399. The van der Waals surface area contributed by atoms with Gasteiger partial charge in [-0.05, 0) is 37.6 Å². The van der Waals surface area contributed by atoms with Gasteiger partial charge in [-0.15, -0.1) is 0 Å². The van der Waals surface area contributed by atoms with Crippen molar-refractivity contribution >= 4 is 5.97 Å². The SMILES string of the molecule is CCOC(=O)c1cc2n(n1)-c1cc(C)ccc1OCC2. The summed E-state index contributed by atoms with van der Waals surface area (Å²) >= 11 is 0. The number of nitrogens with zero attached hydrogens (tertiary/aromatic N) is 2. The molecule has 1 aliphatic heterocycles. The molecule has 3 rings (SSSR count). The van der Waals surface area contributed by atoms with Gasteiger partial charge in [0.05, 0.1) is 13.2 Å². The number of hydrogen-bond acceptors (Lipinski definition) is 4. The van der Waals surface area contributed by atoms with Gasteiger partial charge in [0.25, 0.3) is 0 Å². The lowest BCUT2D eigenvalue weighted by Gasteiger charge is -2.08. The number of aryl methyl sites for hydroxylation is 1. The van der Waals surface area contributed by atoms with E-state index in [2.05, 4.69) is 5.10 Å². The van der Waals surface area contributed by atoms with Crippen molar-refractivity contribution in [1.82, 2.24) is 9.78 Å². The molecule has 0 N–H and O–H groups in total. The molecule has 2 heterocycles. The zero-order chi connectivity index (χ0) is 14.1. The highest BCUT2D eigenvalue weighted by molar-refractivity contribution is 5.87. The summed E-state index contributed by atoms with van der Waals surface area (Å²) in [5, 5.41) is 4.37. The van der Waals surface area contributed by atoms with Crippen LogP contribution in [0.4, 0.5) is 0 Å². The highest BCUT2D eigenvalue weighted by atomic mass is 16.5. The molecule has 0 spiro atoms. The number of carbonyl (C=O) groups excluding carboxylic acids is 1. The van der Waals surface area contributed by atoms with E-state index in [1.165, 1.54) is 0 Å². The van der Waals surface area contributed by atoms with Gasteiger partial charge >= 0.3 is 5.97 Å². The Balaban J connectivity index is 2.09. The maximum Gasteiger partial charge on any atom is 0.358 e. The van der Waals surface area contributed by atoms with Crippen LogP contribution in [0.15, 0.2) is 24.3 Å². The van der Waals surface area contributed by atoms with Gasteiger partial charge in [0.15, 0.2) is 5.69 Å². The lowest BCUT2D eigenvalue weighted by molar-refractivity contribution is 0.0519. The second kappa shape index (κ2) is 5.00. The molecule has 20 heavy (non-hydrogen) atoms. The van der Waals surface area contributed by atoms with Gasteiger partial charge < -0.3 is 9.47 Å². The summed E-state index contributed by atoms with van der Waals surface area (Å²) in [7, 11) is 0. The van der Waals surface area contributed by atoms with Crippen molar-refractivity contribution in [2.24, 2.45) is 0 Å². The zero-order valence-corrected chi connectivity index (χ0v) is 11.5. The largest absolute Gasteiger partial charge is 0.491 e. The molecule has 1 aliphatic rings. The van der Waals surface area contributed by atoms with E-state index in [1.54, 1.807) is 17.7 Å². The van der Waals surface area contributed by atoms with Gasteiger partial charge in [-0.2, -0.15) is 5.10 Å². The standard InChI is InChI=1S/C15H16N2O3/c1-3-19-15(18)12-9-11-6-7-20-14-5-4-10(2)8-13(14)17(11)16-12/h4-5,8-9H,3,6-7H2,1-2H3. The first-order valence-electron chi connectivity index (χ1n) is 6.69. The Morgan fingerprint density at radius 1 is 1.45 bits per heavy atom. The third-order valence-corrected chi connectivity index (χ3v) is 3.23. The van der Waals surface area contributed by atoms with Crippen LogP contribution >= 0.6 is 0 Å². The predicted molar refractivity (Wildman–Crippen MR) is 73.5 cm³/mol. The minimum Gasteiger partial charge on any atom is -0.491 e. The van der Waals surface area contributed by atoms with Crippen molar-refractivity contribution in [2.75, 3.05) is 13.2 Å². The molecule has 0 bridgehead atoms. The van der Waals surface area contributed by atoms with Gasteiger partial charge in [0.1, 0.15) is 11.4 Å². The molecule has 5 nitrogen and oxygen atoms in total. The third-order valence-electron chi connectivity index (χ3n) is 3.23. The fraction of sp³-hybridized carbons (Fsp3) is 0.333. The molecule has 0 amide bonds. The zero-order valence-electron chi connectivity index (χ0n) is 11.5. The van der Waals surface area contributed by atoms with E-state index in [1.807, 2.05) is 25.1 Å². The normalized spacial score (nSPS) is 12.9. The van der Waals surface area contributed by atoms with E-state index in [0.717, 1.165) is 22.7 Å². The predicted octanol–water partition coefficient (Wildman–Crippen LogP) is 2.29. The number of ether oxygens (including phenoxy) is 2. The molecule has 1 aromatic heterocycles. The van der Waals surface area contributed by atoms with Crippen molar-refractivity contribution in [1.29, 1.82) is 0 Å². The van der Waals surface area contributed by atoms with E-state index in [-0.39, 0.29) is 5.97 Å². The monoisotopic (exact) mass is 272 g/mol. The van der Waals surface area contributed by atoms with Crippen molar-refractivity contribution in [2.45, 2.75) is 20.3 Å². The summed E-state index contributed by atoms with van der Waals surface area (Å²) < 4.78 is 12.5. The first-order valence-corrected chi connectivity index (χ1v) is 6.69. The van der Waals surface area contributed by atoms with Crippen LogP contribution in [0.3, 0.4) is 0 Å². The highest BCUT2D eigenvalue weighted by Gasteiger charge is 2.20. The van der Waals surface area contributed by atoms with Crippen LogP contribution in [0, 0.1) is 6.92 Å². The average Bonchev–Trinajstić information content (AvgIpc) is 2.78. The first-order chi connectivity index (χ1) is 9.69. The van der Waals surface area contributed by atoms with E-state index >= 15 is 0 Å². The van der Waals surface area contributed by atoms with Crippen LogP contribution in [0.5, 0.6) is 5.75 Å². The number of fused-ring (bicyclic) bond motifs is 3. The molecule has 1 aromatic carbocycles. The summed E-state index contributed by atoms with van der Waals surface area (Å²) in [6, 6.07) is 7.72. The summed E-state index contributed by atoms with van der Waals surface area (Å²) in [4.78, 5) is 11.8.